The molecule has 18 heavy (non-hydrogen) atoms. The van der Waals surface area contributed by atoms with Crippen molar-refractivity contribution in [1.29, 1.82) is 0 Å². The number of methoxy groups -OCH3 is 2. The Morgan fingerprint density at radius 3 is 2.72 bits per heavy atom. The Balaban J connectivity index is 2.16. The van der Waals surface area contributed by atoms with E-state index in [0.717, 1.165) is 11.4 Å². The molecule has 1 fully saturated rings. The average Bonchev–Trinajstić information content (AvgIpc) is 3.23. The minimum Gasteiger partial charge on any atom is -0.497 e. The summed E-state index contributed by atoms with van der Waals surface area (Å²) < 4.78 is 10.6. The van der Waals surface area contributed by atoms with Gasteiger partial charge in [-0.15, -0.1) is 0 Å². The molecule has 1 unspecified atom stereocenters. The highest BCUT2D eigenvalue weighted by molar-refractivity contribution is 5.50. The van der Waals surface area contributed by atoms with Crippen LogP contribution in [0.5, 0.6) is 5.75 Å². The lowest BCUT2D eigenvalue weighted by Gasteiger charge is -2.34. The molecule has 4 heteroatoms. The van der Waals surface area contributed by atoms with E-state index >= 15 is 0 Å². The maximum absolute atomic E-state index is 5.98. The van der Waals surface area contributed by atoms with Crippen LogP contribution < -0.4 is 15.8 Å². The second-order valence-electron chi connectivity index (χ2n) is 4.92. The van der Waals surface area contributed by atoms with Crippen LogP contribution in [0.4, 0.5) is 5.69 Å². The van der Waals surface area contributed by atoms with E-state index in [1.54, 1.807) is 14.2 Å². The zero-order valence-corrected chi connectivity index (χ0v) is 11.1. The number of rotatable bonds is 7. The highest BCUT2D eigenvalue weighted by Crippen LogP contribution is 2.41. The van der Waals surface area contributed by atoms with Crippen LogP contribution in [0, 0.1) is 5.92 Å². The molecule has 1 saturated carbocycles. The van der Waals surface area contributed by atoms with Gasteiger partial charge in [0.25, 0.3) is 0 Å². The SMILES string of the molecule is COCC(CN)(Nc1cccc(OC)c1)C1CC1. The van der Waals surface area contributed by atoms with E-state index in [1.807, 2.05) is 24.3 Å². The molecular weight excluding hydrogens is 228 g/mol. The first-order chi connectivity index (χ1) is 8.74. The molecule has 0 amide bonds. The number of hydrogen-bond acceptors (Lipinski definition) is 4. The van der Waals surface area contributed by atoms with E-state index in [4.69, 9.17) is 15.2 Å². The lowest BCUT2D eigenvalue weighted by Crippen LogP contribution is -2.51. The number of nitrogens with two attached hydrogens (primary N) is 1. The standard InChI is InChI=1S/C14H22N2O2/c1-17-10-14(9-15,11-6-7-11)16-12-4-3-5-13(8-12)18-2/h3-5,8,11,16H,6-7,9-10,15H2,1-2H3. The van der Waals surface area contributed by atoms with Crippen LogP contribution in [0.15, 0.2) is 24.3 Å². The first-order valence-electron chi connectivity index (χ1n) is 6.35. The van der Waals surface area contributed by atoms with Crippen molar-refractivity contribution < 1.29 is 9.47 Å². The van der Waals surface area contributed by atoms with Crippen molar-refractivity contribution in [3.8, 4) is 5.75 Å². The van der Waals surface area contributed by atoms with Crippen molar-refractivity contribution in [1.82, 2.24) is 0 Å². The zero-order chi connectivity index (χ0) is 13.0. The van der Waals surface area contributed by atoms with Crippen molar-refractivity contribution in [3.63, 3.8) is 0 Å². The second-order valence-corrected chi connectivity index (χ2v) is 4.92. The Morgan fingerprint density at radius 2 is 2.17 bits per heavy atom. The summed E-state index contributed by atoms with van der Waals surface area (Å²) in [5, 5.41) is 3.55. The Labute approximate surface area is 108 Å². The van der Waals surface area contributed by atoms with Gasteiger partial charge in [-0.05, 0) is 30.9 Å². The van der Waals surface area contributed by atoms with Gasteiger partial charge in [0.2, 0.25) is 0 Å². The third kappa shape index (κ3) is 2.76. The molecule has 1 aromatic carbocycles. The fourth-order valence-electron chi connectivity index (χ4n) is 2.41. The van der Waals surface area contributed by atoms with E-state index in [9.17, 15) is 0 Å². The molecular formula is C14H22N2O2. The molecule has 0 heterocycles. The summed E-state index contributed by atoms with van der Waals surface area (Å²) in [7, 11) is 3.39. The fourth-order valence-corrected chi connectivity index (χ4v) is 2.41. The number of hydrogen-bond donors (Lipinski definition) is 2. The summed E-state index contributed by atoms with van der Waals surface area (Å²) in [6.45, 7) is 1.20. The topological polar surface area (TPSA) is 56.5 Å². The van der Waals surface area contributed by atoms with Gasteiger partial charge < -0.3 is 20.5 Å². The van der Waals surface area contributed by atoms with Crippen molar-refractivity contribution in [3.05, 3.63) is 24.3 Å². The van der Waals surface area contributed by atoms with Gasteiger partial charge in [-0.3, -0.25) is 0 Å². The van der Waals surface area contributed by atoms with E-state index in [1.165, 1.54) is 12.8 Å². The summed E-state index contributed by atoms with van der Waals surface area (Å²) in [5.74, 6) is 1.45. The van der Waals surface area contributed by atoms with E-state index in [2.05, 4.69) is 5.32 Å². The Hall–Kier alpha value is -1.26. The Morgan fingerprint density at radius 1 is 1.39 bits per heavy atom. The van der Waals surface area contributed by atoms with Crippen molar-refractivity contribution in [2.45, 2.75) is 18.4 Å². The van der Waals surface area contributed by atoms with Crippen LogP contribution in [0.3, 0.4) is 0 Å². The summed E-state index contributed by atoms with van der Waals surface area (Å²) >= 11 is 0. The smallest absolute Gasteiger partial charge is 0.120 e. The molecule has 0 spiro atoms. The van der Waals surface area contributed by atoms with Crippen molar-refractivity contribution >= 4 is 5.69 Å². The van der Waals surface area contributed by atoms with Gasteiger partial charge in [0.1, 0.15) is 5.75 Å². The van der Waals surface area contributed by atoms with Crippen LogP contribution in [0.2, 0.25) is 0 Å². The number of anilines is 1. The molecule has 0 bridgehead atoms. The number of ether oxygens (including phenoxy) is 2. The fraction of sp³-hybridized carbons (Fsp3) is 0.571. The monoisotopic (exact) mass is 250 g/mol. The van der Waals surface area contributed by atoms with Gasteiger partial charge in [-0.1, -0.05) is 6.07 Å². The molecule has 0 aliphatic heterocycles. The van der Waals surface area contributed by atoms with Gasteiger partial charge in [-0.2, -0.15) is 0 Å². The molecule has 1 aliphatic rings. The quantitative estimate of drug-likeness (QED) is 0.775. The maximum atomic E-state index is 5.98. The maximum Gasteiger partial charge on any atom is 0.120 e. The predicted molar refractivity (Wildman–Crippen MR) is 73.0 cm³/mol. The second kappa shape index (κ2) is 5.59. The van der Waals surface area contributed by atoms with Crippen LogP contribution in [0.25, 0.3) is 0 Å². The summed E-state index contributed by atoms with van der Waals surface area (Å²) in [4.78, 5) is 0. The molecule has 100 valence electrons. The molecule has 0 saturated heterocycles. The highest BCUT2D eigenvalue weighted by atomic mass is 16.5. The van der Waals surface area contributed by atoms with Gasteiger partial charge in [0.05, 0.1) is 19.3 Å². The van der Waals surface area contributed by atoms with Crippen LogP contribution >= 0.6 is 0 Å². The van der Waals surface area contributed by atoms with E-state index in [0.29, 0.717) is 19.1 Å². The minimum atomic E-state index is -0.152. The average molecular weight is 250 g/mol. The lowest BCUT2D eigenvalue weighted by atomic mass is 9.93. The Bertz CT molecular complexity index is 393. The van der Waals surface area contributed by atoms with Crippen molar-refractivity contribution in [2.24, 2.45) is 11.7 Å². The minimum absolute atomic E-state index is 0.152. The lowest BCUT2D eigenvalue weighted by molar-refractivity contribution is 0.134. The normalized spacial score (nSPS) is 18.2. The molecule has 0 radical (unpaired) electrons. The van der Waals surface area contributed by atoms with E-state index in [-0.39, 0.29) is 5.54 Å². The number of benzene rings is 1. The molecule has 4 nitrogen and oxygen atoms in total. The molecule has 1 aromatic rings. The van der Waals surface area contributed by atoms with Crippen LogP contribution in [-0.2, 0) is 4.74 Å². The molecule has 1 aliphatic carbocycles. The third-order valence-corrected chi connectivity index (χ3v) is 3.59. The number of nitrogens with one attached hydrogen (secondary N) is 1. The zero-order valence-electron chi connectivity index (χ0n) is 11.1. The molecule has 0 aromatic heterocycles. The first-order valence-corrected chi connectivity index (χ1v) is 6.35. The van der Waals surface area contributed by atoms with Gasteiger partial charge in [0, 0.05) is 25.4 Å². The highest BCUT2D eigenvalue weighted by Gasteiger charge is 2.44. The van der Waals surface area contributed by atoms with Crippen LogP contribution in [0.1, 0.15) is 12.8 Å². The van der Waals surface area contributed by atoms with Gasteiger partial charge >= 0.3 is 0 Å². The summed E-state index contributed by atoms with van der Waals surface area (Å²) in [6.07, 6.45) is 2.44. The van der Waals surface area contributed by atoms with Gasteiger partial charge in [-0.25, -0.2) is 0 Å². The molecule has 1 atom stereocenters. The third-order valence-electron chi connectivity index (χ3n) is 3.59. The largest absolute Gasteiger partial charge is 0.497 e. The van der Waals surface area contributed by atoms with Crippen LogP contribution in [-0.4, -0.2) is 32.9 Å². The van der Waals surface area contributed by atoms with Gasteiger partial charge in [0.15, 0.2) is 0 Å². The Kier molecular flexibility index (Phi) is 4.09. The first kappa shape index (κ1) is 13.2. The molecule has 2 rings (SSSR count). The van der Waals surface area contributed by atoms with Crippen molar-refractivity contribution in [2.75, 3.05) is 32.7 Å². The predicted octanol–water partition coefficient (Wildman–Crippen LogP) is 1.86. The summed E-state index contributed by atoms with van der Waals surface area (Å²) in [5.41, 5.74) is 6.86. The van der Waals surface area contributed by atoms with E-state index < -0.39 is 0 Å². The summed E-state index contributed by atoms with van der Waals surface area (Å²) in [6, 6.07) is 7.93. The molecule has 3 N–H and O–H groups in total.